The molecule has 0 saturated heterocycles. The number of allylic oxidation sites excluding steroid dienone is 1. The number of aryl methyl sites for hydroxylation is 1. The first-order chi connectivity index (χ1) is 17.2. The average Bonchev–Trinajstić information content (AvgIpc) is 3.45. The van der Waals surface area contributed by atoms with Crippen molar-refractivity contribution in [3.63, 3.8) is 0 Å². The number of amides is 1. The Labute approximate surface area is 214 Å². The summed E-state index contributed by atoms with van der Waals surface area (Å²) in [6.07, 6.45) is -0.801. The van der Waals surface area contributed by atoms with Crippen LogP contribution in [0.3, 0.4) is 0 Å². The van der Waals surface area contributed by atoms with Crippen LogP contribution in [0.15, 0.2) is 72.5 Å². The quantitative estimate of drug-likeness (QED) is 0.205. The second-order valence-electron chi connectivity index (χ2n) is 7.91. The summed E-state index contributed by atoms with van der Waals surface area (Å²) in [5, 5.41) is 12.2. The number of rotatable bonds is 9. The minimum absolute atomic E-state index is 0.0890. The Morgan fingerprint density at radius 2 is 1.97 bits per heavy atom. The van der Waals surface area contributed by atoms with Gasteiger partial charge in [-0.15, -0.1) is 28.1 Å². The lowest BCUT2D eigenvalue weighted by atomic mass is 10.1. The molecule has 6 nitrogen and oxygen atoms in total. The number of hydrogen-bond donors (Lipinski definition) is 1. The highest BCUT2D eigenvalue weighted by atomic mass is 32.2. The van der Waals surface area contributed by atoms with Gasteiger partial charge in [0.2, 0.25) is 5.91 Å². The number of alkyl halides is 3. The number of benzene rings is 2. The van der Waals surface area contributed by atoms with Crippen molar-refractivity contribution in [2.75, 3.05) is 11.1 Å². The van der Waals surface area contributed by atoms with Gasteiger partial charge in [0, 0.05) is 29.6 Å². The number of anilines is 1. The first kappa shape index (κ1) is 25.6. The number of hydrogen-bond acceptors (Lipinski definition) is 6. The van der Waals surface area contributed by atoms with Crippen LogP contribution in [0.5, 0.6) is 0 Å². The van der Waals surface area contributed by atoms with E-state index in [1.807, 2.05) is 35.8 Å². The Morgan fingerprint density at radius 3 is 2.69 bits per heavy atom. The second-order valence-corrected chi connectivity index (χ2v) is 9.97. The predicted octanol–water partition coefficient (Wildman–Crippen LogP) is 6.24. The molecule has 0 aliphatic rings. The van der Waals surface area contributed by atoms with Crippen molar-refractivity contribution in [3.8, 4) is 11.4 Å². The number of carbonyl (C=O) groups excluding carboxylic acids is 1. The van der Waals surface area contributed by atoms with Gasteiger partial charge in [-0.25, -0.2) is 4.98 Å². The summed E-state index contributed by atoms with van der Waals surface area (Å²) in [4.78, 5) is 17.5. The van der Waals surface area contributed by atoms with Gasteiger partial charge in [-0.1, -0.05) is 65.9 Å². The van der Waals surface area contributed by atoms with Gasteiger partial charge >= 0.3 is 6.18 Å². The van der Waals surface area contributed by atoms with Crippen molar-refractivity contribution >= 4 is 34.1 Å². The summed E-state index contributed by atoms with van der Waals surface area (Å²) in [5.74, 6) is 0.507. The zero-order chi connectivity index (χ0) is 25.7. The smallest absolute Gasteiger partial charge is 0.301 e. The number of aromatic nitrogens is 4. The van der Waals surface area contributed by atoms with Crippen molar-refractivity contribution in [2.45, 2.75) is 31.2 Å². The first-order valence-electron chi connectivity index (χ1n) is 10.9. The van der Waals surface area contributed by atoms with Crippen molar-refractivity contribution in [1.82, 2.24) is 19.7 Å². The monoisotopic (exact) mass is 529 g/mol. The van der Waals surface area contributed by atoms with Crippen LogP contribution < -0.4 is 5.32 Å². The van der Waals surface area contributed by atoms with Gasteiger partial charge in [-0.3, -0.25) is 9.36 Å². The SMILES string of the molecule is C=CCn1c(SCC(=O)Nc2ncc(Cc3cccc(C(F)(F)F)c3)s2)nnc1-c1ccc(C)cc1. The first-order valence-corrected chi connectivity index (χ1v) is 12.7. The van der Waals surface area contributed by atoms with Gasteiger partial charge in [0.25, 0.3) is 0 Å². The third kappa shape index (κ3) is 6.41. The van der Waals surface area contributed by atoms with Crippen molar-refractivity contribution in [2.24, 2.45) is 0 Å². The van der Waals surface area contributed by atoms with E-state index in [1.54, 1.807) is 18.3 Å². The molecule has 4 rings (SSSR count). The lowest BCUT2D eigenvalue weighted by Gasteiger charge is -2.08. The molecule has 1 N–H and O–H groups in total. The number of nitrogens with zero attached hydrogens (tertiary/aromatic N) is 4. The van der Waals surface area contributed by atoms with Crippen LogP contribution in [0.25, 0.3) is 11.4 Å². The van der Waals surface area contributed by atoms with E-state index < -0.39 is 11.7 Å². The van der Waals surface area contributed by atoms with Crippen LogP contribution in [-0.4, -0.2) is 31.4 Å². The Morgan fingerprint density at radius 1 is 1.19 bits per heavy atom. The molecule has 0 spiro atoms. The van der Waals surface area contributed by atoms with E-state index >= 15 is 0 Å². The van der Waals surface area contributed by atoms with E-state index in [0.717, 1.165) is 28.1 Å². The predicted molar refractivity (Wildman–Crippen MR) is 136 cm³/mol. The fraction of sp³-hybridized carbons (Fsp3) is 0.200. The molecule has 0 saturated carbocycles. The average molecular weight is 530 g/mol. The van der Waals surface area contributed by atoms with Crippen molar-refractivity contribution < 1.29 is 18.0 Å². The van der Waals surface area contributed by atoms with Gasteiger partial charge in [0.05, 0.1) is 11.3 Å². The molecular formula is C25H22F3N5OS2. The third-order valence-corrected chi connectivity index (χ3v) is 6.98. The minimum Gasteiger partial charge on any atom is -0.301 e. The summed E-state index contributed by atoms with van der Waals surface area (Å²) in [6.45, 7) is 6.30. The number of carbonyl (C=O) groups is 1. The molecule has 0 fully saturated rings. The summed E-state index contributed by atoms with van der Waals surface area (Å²) < 4.78 is 40.7. The van der Waals surface area contributed by atoms with Crippen molar-refractivity contribution in [1.29, 1.82) is 0 Å². The van der Waals surface area contributed by atoms with Crippen LogP contribution in [-0.2, 0) is 23.9 Å². The van der Waals surface area contributed by atoms with Crippen LogP contribution in [0.2, 0.25) is 0 Å². The molecule has 2 aromatic heterocycles. The molecule has 186 valence electrons. The van der Waals surface area contributed by atoms with Crippen LogP contribution in [0, 0.1) is 6.92 Å². The highest BCUT2D eigenvalue weighted by molar-refractivity contribution is 7.99. The molecule has 2 aromatic carbocycles. The summed E-state index contributed by atoms with van der Waals surface area (Å²) in [6, 6.07) is 13.1. The van der Waals surface area contributed by atoms with Crippen molar-refractivity contribution in [3.05, 3.63) is 89.0 Å². The van der Waals surface area contributed by atoms with E-state index in [9.17, 15) is 18.0 Å². The summed E-state index contributed by atoms with van der Waals surface area (Å²) >= 11 is 2.47. The lowest BCUT2D eigenvalue weighted by molar-refractivity contribution is -0.137. The van der Waals surface area contributed by atoms with E-state index in [4.69, 9.17) is 0 Å². The zero-order valence-corrected chi connectivity index (χ0v) is 20.9. The van der Waals surface area contributed by atoms with E-state index in [0.29, 0.717) is 34.6 Å². The van der Waals surface area contributed by atoms with E-state index in [1.165, 1.54) is 29.2 Å². The van der Waals surface area contributed by atoms with Crippen LogP contribution in [0.4, 0.5) is 18.3 Å². The third-order valence-electron chi connectivity index (χ3n) is 5.10. The zero-order valence-electron chi connectivity index (χ0n) is 19.2. The fourth-order valence-electron chi connectivity index (χ4n) is 3.40. The maximum Gasteiger partial charge on any atom is 0.416 e. The minimum atomic E-state index is -4.39. The molecule has 0 aliphatic carbocycles. The number of halogens is 3. The number of nitrogens with one attached hydrogen (secondary N) is 1. The van der Waals surface area contributed by atoms with Gasteiger partial charge < -0.3 is 5.32 Å². The Bertz CT molecular complexity index is 1360. The molecule has 0 unspecified atom stereocenters. The molecule has 0 radical (unpaired) electrons. The molecule has 0 bridgehead atoms. The lowest BCUT2D eigenvalue weighted by Crippen LogP contribution is -2.14. The maximum atomic E-state index is 12.9. The Hall–Kier alpha value is -3.44. The second kappa shape index (κ2) is 11.1. The maximum absolute atomic E-state index is 12.9. The topological polar surface area (TPSA) is 72.7 Å². The molecule has 4 aromatic rings. The van der Waals surface area contributed by atoms with Crippen LogP contribution in [0.1, 0.15) is 21.6 Å². The molecule has 0 aliphatic heterocycles. The van der Waals surface area contributed by atoms with Gasteiger partial charge in [-0.2, -0.15) is 13.2 Å². The molecule has 1 amide bonds. The van der Waals surface area contributed by atoms with Gasteiger partial charge in [-0.05, 0) is 18.6 Å². The van der Waals surface area contributed by atoms with E-state index in [2.05, 4.69) is 27.1 Å². The number of thioether (sulfide) groups is 1. The highest BCUT2D eigenvalue weighted by Crippen LogP contribution is 2.31. The molecule has 11 heteroatoms. The standard InChI is InChI=1S/C25H22F3N5OS2/c1-3-11-33-22(18-9-7-16(2)8-10-18)31-32-24(33)35-15-21(34)30-23-29-14-20(36-23)13-17-5-4-6-19(12-17)25(26,27)28/h3-10,12,14H,1,11,13,15H2,2H3,(H,29,30,34). The van der Waals surface area contributed by atoms with Gasteiger partial charge in [0.1, 0.15) is 0 Å². The molecular weight excluding hydrogens is 507 g/mol. The van der Waals surface area contributed by atoms with E-state index in [-0.39, 0.29) is 11.7 Å². The molecule has 0 atom stereocenters. The summed E-state index contributed by atoms with van der Waals surface area (Å²) in [5.41, 5.74) is 1.89. The Kier molecular flexibility index (Phi) is 7.90. The van der Waals surface area contributed by atoms with Gasteiger partial charge in [0.15, 0.2) is 16.1 Å². The highest BCUT2D eigenvalue weighted by Gasteiger charge is 2.30. The molecule has 2 heterocycles. The normalized spacial score (nSPS) is 11.4. The molecule has 36 heavy (non-hydrogen) atoms. The largest absolute Gasteiger partial charge is 0.416 e. The summed E-state index contributed by atoms with van der Waals surface area (Å²) in [7, 11) is 0. The fourth-order valence-corrected chi connectivity index (χ4v) is 5.01. The van der Waals surface area contributed by atoms with Crippen LogP contribution >= 0.6 is 23.1 Å². The number of thiazole rings is 1. The Balaban J connectivity index is 1.37.